The number of rotatable bonds is 7. The number of hydrogen-bond acceptors (Lipinski definition) is 7. The average Bonchev–Trinajstić information content (AvgIpc) is 3.16. The quantitative estimate of drug-likeness (QED) is 0.552. The van der Waals surface area contributed by atoms with Crippen molar-refractivity contribution in [3.8, 4) is 0 Å². The summed E-state index contributed by atoms with van der Waals surface area (Å²) in [6.07, 6.45) is 0. The molecule has 9 heteroatoms. The van der Waals surface area contributed by atoms with Gasteiger partial charge >= 0.3 is 5.97 Å². The maximum Gasteiger partial charge on any atom is 0.358 e. The molecule has 7 nitrogen and oxygen atoms in total. The zero-order valence-corrected chi connectivity index (χ0v) is 17.0. The Morgan fingerprint density at radius 2 is 1.76 bits per heavy atom. The molecule has 0 spiro atoms. The van der Waals surface area contributed by atoms with Crippen molar-refractivity contribution >= 4 is 51.7 Å². The summed E-state index contributed by atoms with van der Waals surface area (Å²) >= 11 is 2.62. The van der Waals surface area contributed by atoms with Gasteiger partial charge in [0.2, 0.25) is 5.91 Å². The molecule has 1 heterocycles. The van der Waals surface area contributed by atoms with Crippen LogP contribution in [-0.2, 0) is 14.3 Å². The van der Waals surface area contributed by atoms with Gasteiger partial charge in [0, 0.05) is 22.1 Å². The maximum atomic E-state index is 12.2. The van der Waals surface area contributed by atoms with Crippen molar-refractivity contribution in [3.63, 3.8) is 0 Å². The molecule has 3 rings (SSSR count). The van der Waals surface area contributed by atoms with Crippen molar-refractivity contribution in [2.24, 2.45) is 0 Å². The zero-order valence-electron chi connectivity index (χ0n) is 15.4. The molecule has 0 saturated heterocycles. The number of para-hydroxylation sites is 1. The van der Waals surface area contributed by atoms with Crippen LogP contribution < -0.4 is 10.6 Å². The second-order valence-corrected chi connectivity index (χ2v) is 7.73. The third kappa shape index (κ3) is 6.16. The van der Waals surface area contributed by atoms with E-state index in [1.165, 1.54) is 24.1 Å². The Balaban J connectivity index is 1.56. The molecule has 2 N–H and O–H groups in total. The molecule has 3 aromatic rings. The topological polar surface area (TPSA) is 97.4 Å². The first-order valence-corrected chi connectivity index (χ1v) is 10.2. The minimum Gasteiger partial charge on any atom is -0.451 e. The summed E-state index contributed by atoms with van der Waals surface area (Å²) in [5.41, 5.74) is 0.663. The minimum absolute atomic E-state index is 0.0339. The van der Waals surface area contributed by atoms with E-state index in [1.54, 1.807) is 6.07 Å². The third-order valence-electron chi connectivity index (χ3n) is 3.46. The monoisotopic (exact) mass is 427 g/mol. The van der Waals surface area contributed by atoms with Crippen molar-refractivity contribution in [3.05, 3.63) is 65.7 Å². The Bertz CT molecular complexity index is 1020. The van der Waals surface area contributed by atoms with Gasteiger partial charge in [-0.2, -0.15) is 0 Å². The van der Waals surface area contributed by atoms with Crippen molar-refractivity contribution in [1.29, 1.82) is 0 Å². The highest BCUT2D eigenvalue weighted by atomic mass is 32.2. The standard InChI is InChI=1S/C20H17N3O4S2/c1-13(24)21-20-23-16(12-28-20)19(26)27-11-18(25)22-15-9-5-6-10-17(15)29-14-7-3-2-4-8-14/h2-10,12H,11H2,1H3,(H,22,25)(H,21,23,24). The van der Waals surface area contributed by atoms with Crippen LogP contribution in [0.25, 0.3) is 0 Å². The minimum atomic E-state index is -0.736. The molecule has 0 saturated carbocycles. The van der Waals surface area contributed by atoms with Crippen molar-refractivity contribution in [2.45, 2.75) is 16.7 Å². The maximum absolute atomic E-state index is 12.2. The number of carbonyl (C=O) groups excluding carboxylic acids is 3. The van der Waals surface area contributed by atoms with Crippen LogP contribution in [0.1, 0.15) is 17.4 Å². The van der Waals surface area contributed by atoms with Gasteiger partial charge in [-0.05, 0) is 24.3 Å². The Morgan fingerprint density at radius 3 is 2.52 bits per heavy atom. The average molecular weight is 428 g/mol. The Hall–Kier alpha value is -3.17. The molecule has 2 aromatic carbocycles. The van der Waals surface area contributed by atoms with Crippen LogP contribution in [0.3, 0.4) is 0 Å². The van der Waals surface area contributed by atoms with Gasteiger partial charge in [0.25, 0.3) is 5.91 Å². The van der Waals surface area contributed by atoms with E-state index in [2.05, 4.69) is 15.6 Å². The number of anilines is 2. The molecular weight excluding hydrogens is 410 g/mol. The van der Waals surface area contributed by atoms with Crippen LogP contribution in [-0.4, -0.2) is 29.4 Å². The van der Waals surface area contributed by atoms with E-state index in [4.69, 9.17) is 4.74 Å². The van der Waals surface area contributed by atoms with E-state index >= 15 is 0 Å². The van der Waals surface area contributed by atoms with Gasteiger partial charge in [-0.25, -0.2) is 9.78 Å². The van der Waals surface area contributed by atoms with Crippen molar-refractivity contribution in [1.82, 2.24) is 4.98 Å². The molecule has 0 atom stereocenters. The summed E-state index contributed by atoms with van der Waals surface area (Å²) in [6, 6.07) is 17.2. The second-order valence-electron chi connectivity index (χ2n) is 5.75. The lowest BCUT2D eigenvalue weighted by Gasteiger charge is -2.11. The number of aromatic nitrogens is 1. The molecule has 1 aromatic heterocycles. The Morgan fingerprint density at radius 1 is 1.03 bits per heavy atom. The summed E-state index contributed by atoms with van der Waals surface area (Å²) in [4.78, 5) is 41.1. The van der Waals surface area contributed by atoms with E-state index in [1.807, 2.05) is 48.5 Å². The highest BCUT2D eigenvalue weighted by molar-refractivity contribution is 7.99. The highest BCUT2D eigenvalue weighted by Crippen LogP contribution is 2.33. The lowest BCUT2D eigenvalue weighted by Crippen LogP contribution is -2.21. The van der Waals surface area contributed by atoms with Gasteiger partial charge in [0.15, 0.2) is 17.4 Å². The van der Waals surface area contributed by atoms with E-state index in [9.17, 15) is 14.4 Å². The van der Waals surface area contributed by atoms with Gasteiger partial charge in [-0.3, -0.25) is 9.59 Å². The lowest BCUT2D eigenvalue weighted by molar-refractivity contribution is -0.119. The molecule has 0 aliphatic rings. The number of amides is 2. The van der Waals surface area contributed by atoms with E-state index in [0.717, 1.165) is 21.1 Å². The zero-order chi connectivity index (χ0) is 20.6. The molecule has 0 aliphatic heterocycles. The number of carbonyl (C=O) groups is 3. The predicted octanol–water partition coefficient (Wildman–Crippen LogP) is 4.05. The fraction of sp³-hybridized carbons (Fsp3) is 0.100. The fourth-order valence-corrected chi connectivity index (χ4v) is 3.89. The van der Waals surface area contributed by atoms with Crippen molar-refractivity contribution < 1.29 is 19.1 Å². The number of esters is 1. The second kappa shape index (κ2) is 9.85. The van der Waals surface area contributed by atoms with Crippen LogP contribution in [0.15, 0.2) is 69.8 Å². The molecule has 0 bridgehead atoms. The summed E-state index contributed by atoms with van der Waals surface area (Å²) in [7, 11) is 0. The molecule has 2 amide bonds. The van der Waals surface area contributed by atoms with Crippen LogP contribution in [0.2, 0.25) is 0 Å². The first-order chi connectivity index (χ1) is 14.0. The summed E-state index contributed by atoms with van der Waals surface area (Å²) in [6.45, 7) is 0.897. The van der Waals surface area contributed by atoms with Crippen LogP contribution in [0, 0.1) is 0 Å². The highest BCUT2D eigenvalue weighted by Gasteiger charge is 2.15. The number of nitrogens with zero attached hydrogens (tertiary/aromatic N) is 1. The largest absolute Gasteiger partial charge is 0.451 e. The lowest BCUT2D eigenvalue weighted by atomic mass is 10.3. The number of ether oxygens (including phenoxy) is 1. The molecule has 0 unspecified atom stereocenters. The third-order valence-corrected chi connectivity index (χ3v) is 5.30. The van der Waals surface area contributed by atoms with E-state index in [0.29, 0.717) is 10.8 Å². The van der Waals surface area contributed by atoms with E-state index < -0.39 is 18.5 Å². The summed E-state index contributed by atoms with van der Waals surface area (Å²) < 4.78 is 5.01. The van der Waals surface area contributed by atoms with Crippen LogP contribution >= 0.6 is 23.1 Å². The van der Waals surface area contributed by atoms with Gasteiger partial charge in [-0.15, -0.1) is 11.3 Å². The smallest absolute Gasteiger partial charge is 0.358 e. The van der Waals surface area contributed by atoms with Crippen LogP contribution in [0.5, 0.6) is 0 Å². The first kappa shape index (κ1) is 20.6. The summed E-state index contributed by atoms with van der Waals surface area (Å²) in [5.74, 6) is -1.48. The first-order valence-electron chi connectivity index (χ1n) is 8.53. The van der Waals surface area contributed by atoms with Gasteiger partial charge < -0.3 is 15.4 Å². The molecule has 148 valence electrons. The SMILES string of the molecule is CC(=O)Nc1nc(C(=O)OCC(=O)Nc2ccccc2Sc2ccccc2)cs1. The van der Waals surface area contributed by atoms with Crippen molar-refractivity contribution in [2.75, 3.05) is 17.2 Å². The number of thiazole rings is 1. The summed E-state index contributed by atoms with van der Waals surface area (Å²) in [5, 5.41) is 6.99. The Kier molecular flexibility index (Phi) is 6.99. The number of benzene rings is 2. The van der Waals surface area contributed by atoms with E-state index in [-0.39, 0.29) is 11.6 Å². The molecule has 0 aliphatic carbocycles. The fourth-order valence-electron chi connectivity index (χ4n) is 2.24. The molecule has 29 heavy (non-hydrogen) atoms. The molecule has 0 fully saturated rings. The molecular formula is C20H17N3O4S2. The van der Waals surface area contributed by atoms with Gasteiger partial charge in [0.1, 0.15) is 0 Å². The predicted molar refractivity (Wildman–Crippen MR) is 112 cm³/mol. The normalized spacial score (nSPS) is 10.2. The number of nitrogens with one attached hydrogen (secondary N) is 2. The number of hydrogen-bond donors (Lipinski definition) is 2. The van der Waals surface area contributed by atoms with Gasteiger partial charge in [0.05, 0.1) is 5.69 Å². The van der Waals surface area contributed by atoms with Crippen LogP contribution in [0.4, 0.5) is 10.8 Å². The van der Waals surface area contributed by atoms with Gasteiger partial charge in [-0.1, -0.05) is 42.1 Å². The Labute approximate surface area is 175 Å². The molecule has 0 radical (unpaired) electrons.